The minimum absolute atomic E-state index is 0.0368. The average molecular weight is 404 g/mol. The Hall–Kier alpha value is -2.45. The van der Waals surface area contributed by atoms with E-state index in [9.17, 15) is 18.0 Å². The van der Waals surface area contributed by atoms with Gasteiger partial charge in [-0.3, -0.25) is 9.59 Å². The molecule has 0 unspecified atom stereocenters. The van der Waals surface area contributed by atoms with E-state index in [1.165, 1.54) is 22.6 Å². The number of rotatable bonds is 6. The number of carbonyl (C=O) groups excluding carboxylic acids is 1. The van der Waals surface area contributed by atoms with Crippen LogP contribution in [0.1, 0.15) is 31.7 Å². The minimum atomic E-state index is -3.66. The van der Waals surface area contributed by atoms with Crippen molar-refractivity contribution in [2.45, 2.75) is 44.0 Å². The highest BCUT2D eigenvalue weighted by molar-refractivity contribution is 7.89. The smallest absolute Gasteiger partial charge is 0.251 e. The first-order valence-electron chi connectivity index (χ1n) is 9.49. The molecule has 0 saturated carbocycles. The largest absolute Gasteiger partial charge is 0.325 e. The van der Waals surface area contributed by atoms with Crippen LogP contribution in [0.4, 0.5) is 5.69 Å². The van der Waals surface area contributed by atoms with E-state index in [0.717, 1.165) is 35.8 Å². The summed E-state index contributed by atoms with van der Waals surface area (Å²) in [5.41, 5.74) is 1.31. The molecule has 7 nitrogen and oxygen atoms in total. The van der Waals surface area contributed by atoms with Gasteiger partial charge in [0.05, 0.1) is 4.90 Å². The highest BCUT2D eigenvalue weighted by Crippen LogP contribution is 2.19. The molecule has 1 amide bonds. The minimum Gasteiger partial charge on any atom is -0.325 e. The number of pyridine rings is 1. The van der Waals surface area contributed by atoms with Crippen LogP contribution < -0.4 is 10.9 Å². The zero-order valence-electron chi connectivity index (χ0n) is 15.9. The molecule has 2 heterocycles. The summed E-state index contributed by atoms with van der Waals surface area (Å²) in [6, 6.07) is 9.98. The van der Waals surface area contributed by atoms with Gasteiger partial charge in [0.15, 0.2) is 0 Å². The number of nitrogens with one attached hydrogen (secondary N) is 1. The molecule has 150 valence electrons. The van der Waals surface area contributed by atoms with Gasteiger partial charge < -0.3 is 9.88 Å². The molecule has 0 bridgehead atoms. The summed E-state index contributed by atoms with van der Waals surface area (Å²) in [5.74, 6) is -0.386. The second-order valence-corrected chi connectivity index (χ2v) is 8.84. The monoisotopic (exact) mass is 403 g/mol. The van der Waals surface area contributed by atoms with E-state index in [4.69, 9.17) is 0 Å². The van der Waals surface area contributed by atoms with Gasteiger partial charge in [0.25, 0.3) is 5.56 Å². The van der Waals surface area contributed by atoms with Crippen molar-refractivity contribution in [3.63, 3.8) is 0 Å². The first-order chi connectivity index (χ1) is 13.4. The quantitative estimate of drug-likeness (QED) is 0.801. The SMILES string of the molecule is CCc1cccc(NC(=O)Cn2cc(S(=O)(=O)N3CCCCC3)ccc2=O)c1. The molecule has 0 spiro atoms. The van der Waals surface area contributed by atoms with E-state index >= 15 is 0 Å². The normalized spacial score (nSPS) is 15.3. The maximum Gasteiger partial charge on any atom is 0.251 e. The molecule has 3 rings (SSSR count). The Balaban J connectivity index is 1.77. The predicted octanol–water partition coefficient (Wildman–Crippen LogP) is 2.22. The summed E-state index contributed by atoms with van der Waals surface area (Å²) in [4.78, 5) is 24.5. The van der Waals surface area contributed by atoms with Crippen molar-refractivity contribution >= 4 is 21.6 Å². The van der Waals surface area contributed by atoms with Crippen molar-refractivity contribution in [1.29, 1.82) is 0 Å². The molecule has 1 saturated heterocycles. The lowest BCUT2D eigenvalue weighted by Gasteiger charge is -2.26. The van der Waals surface area contributed by atoms with Crippen LogP contribution in [0, 0.1) is 0 Å². The van der Waals surface area contributed by atoms with Crippen LogP contribution >= 0.6 is 0 Å². The Kier molecular flexibility index (Phi) is 6.31. The van der Waals surface area contributed by atoms with E-state index in [2.05, 4.69) is 5.32 Å². The van der Waals surface area contributed by atoms with Crippen molar-refractivity contribution in [2.24, 2.45) is 0 Å². The number of sulfonamides is 1. The molecule has 1 aliphatic heterocycles. The third-order valence-corrected chi connectivity index (χ3v) is 6.72. The van der Waals surface area contributed by atoms with Crippen molar-refractivity contribution in [2.75, 3.05) is 18.4 Å². The van der Waals surface area contributed by atoms with Crippen LogP contribution in [-0.4, -0.2) is 36.3 Å². The van der Waals surface area contributed by atoms with Gasteiger partial charge in [-0.1, -0.05) is 25.5 Å². The van der Waals surface area contributed by atoms with E-state index in [0.29, 0.717) is 18.8 Å². The lowest BCUT2D eigenvalue weighted by Crippen LogP contribution is -2.36. The number of piperidine rings is 1. The van der Waals surface area contributed by atoms with E-state index in [1.807, 2.05) is 25.1 Å². The number of aromatic nitrogens is 1. The van der Waals surface area contributed by atoms with Gasteiger partial charge in [0, 0.05) is 31.0 Å². The van der Waals surface area contributed by atoms with Crippen LogP contribution in [0.15, 0.2) is 52.3 Å². The average Bonchev–Trinajstić information content (AvgIpc) is 2.70. The van der Waals surface area contributed by atoms with E-state index < -0.39 is 15.6 Å². The second-order valence-electron chi connectivity index (χ2n) is 6.90. The molecule has 1 aromatic carbocycles. The molecule has 2 aromatic rings. The number of benzene rings is 1. The predicted molar refractivity (Wildman–Crippen MR) is 108 cm³/mol. The molecular formula is C20H25N3O4S. The lowest BCUT2D eigenvalue weighted by molar-refractivity contribution is -0.116. The Bertz CT molecular complexity index is 1010. The Labute approximate surface area is 165 Å². The first-order valence-corrected chi connectivity index (χ1v) is 10.9. The summed E-state index contributed by atoms with van der Waals surface area (Å²) in [6.45, 7) is 2.73. The number of hydrogen-bond acceptors (Lipinski definition) is 4. The van der Waals surface area contributed by atoms with Crippen molar-refractivity contribution in [3.8, 4) is 0 Å². The molecule has 0 radical (unpaired) electrons. The summed E-state index contributed by atoms with van der Waals surface area (Å²) in [5, 5.41) is 2.76. The maximum absolute atomic E-state index is 12.8. The molecule has 0 aliphatic carbocycles. The summed E-state index contributed by atoms with van der Waals surface area (Å²) in [6.07, 6.45) is 4.79. The second kappa shape index (κ2) is 8.70. The highest BCUT2D eigenvalue weighted by atomic mass is 32.2. The van der Waals surface area contributed by atoms with Crippen molar-refractivity contribution in [1.82, 2.24) is 8.87 Å². The zero-order valence-corrected chi connectivity index (χ0v) is 16.7. The van der Waals surface area contributed by atoms with Gasteiger partial charge in [-0.2, -0.15) is 4.31 Å². The van der Waals surface area contributed by atoms with Crippen LogP contribution in [0.2, 0.25) is 0 Å². The lowest BCUT2D eigenvalue weighted by atomic mass is 10.1. The number of anilines is 1. The third-order valence-electron chi connectivity index (χ3n) is 4.84. The standard InChI is InChI=1S/C20H25N3O4S/c1-2-16-7-6-8-17(13-16)21-19(24)15-22-14-18(9-10-20(22)25)28(26,27)23-11-4-3-5-12-23/h6-10,13-14H,2-5,11-12,15H2,1H3,(H,21,24). The Morgan fingerprint density at radius 1 is 1.11 bits per heavy atom. The van der Waals surface area contributed by atoms with Crippen LogP contribution in [0.5, 0.6) is 0 Å². The van der Waals surface area contributed by atoms with Gasteiger partial charge in [0.2, 0.25) is 15.9 Å². The number of aryl methyl sites for hydroxylation is 1. The molecule has 1 aliphatic rings. The van der Waals surface area contributed by atoms with E-state index in [1.54, 1.807) is 6.07 Å². The fraction of sp³-hybridized carbons (Fsp3) is 0.400. The summed E-state index contributed by atoms with van der Waals surface area (Å²) >= 11 is 0. The van der Waals surface area contributed by atoms with Crippen molar-refractivity contribution in [3.05, 3.63) is 58.5 Å². The fourth-order valence-corrected chi connectivity index (χ4v) is 4.80. The van der Waals surface area contributed by atoms with Gasteiger partial charge in [-0.15, -0.1) is 0 Å². The maximum atomic E-state index is 12.8. The van der Waals surface area contributed by atoms with Gasteiger partial charge in [-0.25, -0.2) is 8.42 Å². The number of carbonyl (C=O) groups is 1. The molecule has 28 heavy (non-hydrogen) atoms. The molecule has 1 aromatic heterocycles. The zero-order chi connectivity index (χ0) is 20.1. The molecule has 1 N–H and O–H groups in total. The summed E-state index contributed by atoms with van der Waals surface area (Å²) in [7, 11) is -3.66. The van der Waals surface area contributed by atoms with Gasteiger partial charge in [0.1, 0.15) is 6.54 Å². The molecule has 0 atom stereocenters. The number of nitrogens with zero attached hydrogens (tertiary/aromatic N) is 2. The van der Waals surface area contributed by atoms with Crippen LogP contribution in [-0.2, 0) is 27.8 Å². The first kappa shape index (κ1) is 20.3. The summed E-state index contributed by atoms with van der Waals surface area (Å²) < 4.78 is 28.2. The van der Waals surface area contributed by atoms with Crippen molar-refractivity contribution < 1.29 is 13.2 Å². The molecular weight excluding hydrogens is 378 g/mol. The topological polar surface area (TPSA) is 88.5 Å². The molecule has 1 fully saturated rings. The van der Waals surface area contributed by atoms with Gasteiger partial charge in [-0.05, 0) is 43.0 Å². The van der Waals surface area contributed by atoms with Crippen LogP contribution in [0.25, 0.3) is 0 Å². The fourth-order valence-electron chi connectivity index (χ4n) is 3.26. The van der Waals surface area contributed by atoms with E-state index in [-0.39, 0.29) is 17.3 Å². The van der Waals surface area contributed by atoms with Gasteiger partial charge >= 0.3 is 0 Å². The third kappa shape index (κ3) is 4.69. The highest BCUT2D eigenvalue weighted by Gasteiger charge is 2.26. The Morgan fingerprint density at radius 3 is 2.57 bits per heavy atom. The number of hydrogen-bond donors (Lipinski definition) is 1. The number of amides is 1. The Morgan fingerprint density at radius 2 is 1.86 bits per heavy atom. The van der Waals surface area contributed by atoms with Crippen LogP contribution in [0.3, 0.4) is 0 Å². The molecule has 8 heteroatoms.